The van der Waals surface area contributed by atoms with Gasteiger partial charge in [0, 0.05) is 6.04 Å². The number of ether oxygens (including phenoxy) is 1. The molecule has 134 valence electrons. The summed E-state index contributed by atoms with van der Waals surface area (Å²) in [6.45, 7) is 6.34. The van der Waals surface area contributed by atoms with Crippen molar-refractivity contribution in [3.8, 4) is 5.75 Å². The lowest BCUT2D eigenvalue weighted by molar-refractivity contribution is -0.123. The van der Waals surface area contributed by atoms with Crippen LogP contribution in [-0.2, 0) is 11.2 Å². The number of hydrogen-bond acceptors (Lipinski definition) is 2. The first kappa shape index (κ1) is 19.5. The molecule has 0 aliphatic rings. The molecule has 3 nitrogen and oxygen atoms in total. The van der Waals surface area contributed by atoms with Crippen LogP contribution in [0.1, 0.15) is 44.2 Å². The molecule has 2 rings (SSSR count). The molecule has 0 saturated carbocycles. The molecule has 0 aromatic heterocycles. The van der Waals surface area contributed by atoms with E-state index < -0.39 is 0 Å². The maximum atomic E-state index is 12.1. The highest BCUT2D eigenvalue weighted by Crippen LogP contribution is 2.28. The molecule has 0 aliphatic heterocycles. The van der Waals surface area contributed by atoms with Crippen molar-refractivity contribution in [2.75, 3.05) is 6.61 Å². The molecule has 0 fully saturated rings. The van der Waals surface area contributed by atoms with E-state index >= 15 is 0 Å². The summed E-state index contributed by atoms with van der Waals surface area (Å²) < 4.78 is 6.52. The summed E-state index contributed by atoms with van der Waals surface area (Å²) >= 11 is 3.51. The van der Waals surface area contributed by atoms with E-state index in [1.807, 2.05) is 43.3 Å². The van der Waals surface area contributed by atoms with Crippen molar-refractivity contribution in [3.05, 3.63) is 64.1 Å². The molecule has 0 saturated heterocycles. The fourth-order valence-electron chi connectivity index (χ4n) is 2.55. The molecule has 1 N–H and O–H groups in total. The van der Waals surface area contributed by atoms with Crippen LogP contribution in [-0.4, -0.2) is 18.6 Å². The minimum absolute atomic E-state index is 0.0231. The Hall–Kier alpha value is -1.81. The van der Waals surface area contributed by atoms with E-state index in [1.54, 1.807) is 0 Å². The molecule has 1 unspecified atom stereocenters. The normalized spacial score (nSPS) is 12.0. The molecule has 2 aromatic rings. The van der Waals surface area contributed by atoms with Gasteiger partial charge in [-0.1, -0.05) is 50.2 Å². The van der Waals surface area contributed by atoms with Gasteiger partial charge in [0.2, 0.25) is 0 Å². The largest absolute Gasteiger partial charge is 0.483 e. The molecule has 0 radical (unpaired) electrons. The summed E-state index contributed by atoms with van der Waals surface area (Å²) in [5, 5.41) is 2.99. The Morgan fingerprint density at radius 2 is 1.84 bits per heavy atom. The first-order valence-electron chi connectivity index (χ1n) is 8.71. The molecule has 0 bridgehead atoms. The SMILES string of the molecule is CC(CCc1ccccc1)NC(=O)COc1ccc(C(C)C)cc1Br. The number of aryl methyl sites for hydroxylation is 1. The number of rotatable bonds is 8. The third kappa shape index (κ3) is 6.54. The Bertz CT molecular complexity index is 686. The lowest BCUT2D eigenvalue weighted by atomic mass is 10.0. The van der Waals surface area contributed by atoms with Crippen LogP contribution in [0, 0.1) is 0 Å². The molecule has 1 amide bonds. The van der Waals surface area contributed by atoms with Gasteiger partial charge < -0.3 is 10.1 Å². The van der Waals surface area contributed by atoms with Gasteiger partial charge >= 0.3 is 0 Å². The summed E-state index contributed by atoms with van der Waals surface area (Å²) in [6, 6.07) is 16.4. The van der Waals surface area contributed by atoms with Crippen molar-refractivity contribution in [2.24, 2.45) is 0 Å². The van der Waals surface area contributed by atoms with Crippen molar-refractivity contribution in [3.63, 3.8) is 0 Å². The number of carbonyl (C=O) groups excluding carboxylic acids is 1. The van der Waals surface area contributed by atoms with Gasteiger partial charge in [0.15, 0.2) is 6.61 Å². The van der Waals surface area contributed by atoms with Crippen LogP contribution >= 0.6 is 15.9 Å². The van der Waals surface area contributed by atoms with E-state index in [9.17, 15) is 4.79 Å². The van der Waals surface area contributed by atoms with Crippen molar-refractivity contribution in [2.45, 2.75) is 45.6 Å². The Morgan fingerprint density at radius 3 is 2.48 bits per heavy atom. The monoisotopic (exact) mass is 403 g/mol. The second-order valence-electron chi connectivity index (χ2n) is 6.63. The summed E-state index contributed by atoms with van der Waals surface area (Å²) in [7, 11) is 0. The van der Waals surface area contributed by atoms with Gasteiger partial charge in [-0.25, -0.2) is 0 Å². The second-order valence-corrected chi connectivity index (χ2v) is 7.48. The Morgan fingerprint density at radius 1 is 1.12 bits per heavy atom. The summed E-state index contributed by atoms with van der Waals surface area (Å²) in [5.74, 6) is 1.05. The number of amides is 1. The Labute approximate surface area is 158 Å². The van der Waals surface area contributed by atoms with Gasteiger partial charge in [0.05, 0.1) is 4.47 Å². The number of benzene rings is 2. The van der Waals surface area contributed by atoms with Crippen LogP contribution < -0.4 is 10.1 Å². The first-order valence-corrected chi connectivity index (χ1v) is 9.50. The average molecular weight is 404 g/mol. The minimum Gasteiger partial charge on any atom is -0.483 e. The van der Waals surface area contributed by atoms with Crippen LogP contribution in [0.2, 0.25) is 0 Å². The molecule has 25 heavy (non-hydrogen) atoms. The van der Waals surface area contributed by atoms with Crippen molar-refractivity contribution < 1.29 is 9.53 Å². The summed E-state index contributed by atoms with van der Waals surface area (Å²) in [6.07, 6.45) is 1.86. The fourth-order valence-corrected chi connectivity index (χ4v) is 3.06. The standard InChI is InChI=1S/C21H26BrNO2/c1-15(2)18-11-12-20(19(22)13-18)25-14-21(24)23-16(3)9-10-17-7-5-4-6-8-17/h4-8,11-13,15-16H,9-10,14H2,1-3H3,(H,23,24). The third-order valence-corrected chi connectivity index (χ3v) is 4.72. The van der Waals surface area contributed by atoms with E-state index in [1.165, 1.54) is 11.1 Å². The van der Waals surface area contributed by atoms with Gasteiger partial charge in [-0.2, -0.15) is 0 Å². The van der Waals surface area contributed by atoms with E-state index in [0.29, 0.717) is 11.7 Å². The van der Waals surface area contributed by atoms with Crippen molar-refractivity contribution in [1.82, 2.24) is 5.32 Å². The zero-order valence-electron chi connectivity index (χ0n) is 15.1. The number of carbonyl (C=O) groups is 1. The Balaban J connectivity index is 1.76. The minimum atomic E-state index is -0.0969. The van der Waals surface area contributed by atoms with E-state index in [0.717, 1.165) is 17.3 Å². The summed E-state index contributed by atoms with van der Waals surface area (Å²) in [5.41, 5.74) is 2.52. The molecular weight excluding hydrogens is 378 g/mol. The van der Waals surface area contributed by atoms with Crippen molar-refractivity contribution in [1.29, 1.82) is 0 Å². The maximum absolute atomic E-state index is 12.1. The quantitative estimate of drug-likeness (QED) is 0.666. The molecule has 0 heterocycles. The predicted molar refractivity (Wildman–Crippen MR) is 106 cm³/mol. The topological polar surface area (TPSA) is 38.3 Å². The fraction of sp³-hybridized carbons (Fsp3) is 0.381. The van der Waals surface area contributed by atoms with Crippen LogP contribution in [0.25, 0.3) is 0 Å². The molecule has 0 spiro atoms. The first-order chi connectivity index (χ1) is 12.0. The van der Waals surface area contributed by atoms with Crippen LogP contribution in [0.5, 0.6) is 5.75 Å². The van der Waals surface area contributed by atoms with Crippen LogP contribution in [0.3, 0.4) is 0 Å². The van der Waals surface area contributed by atoms with Gasteiger partial charge in [-0.15, -0.1) is 0 Å². The third-order valence-electron chi connectivity index (χ3n) is 4.10. The Kier molecular flexibility index (Phi) is 7.51. The predicted octanol–water partition coefficient (Wildman–Crippen LogP) is 5.09. The van der Waals surface area contributed by atoms with Gasteiger partial charge in [-0.05, 0) is 64.9 Å². The number of nitrogens with one attached hydrogen (secondary N) is 1. The van der Waals surface area contributed by atoms with Crippen molar-refractivity contribution >= 4 is 21.8 Å². The number of halogens is 1. The van der Waals surface area contributed by atoms with E-state index in [2.05, 4.69) is 47.2 Å². The van der Waals surface area contributed by atoms with E-state index in [-0.39, 0.29) is 18.6 Å². The van der Waals surface area contributed by atoms with Gasteiger partial charge in [0.25, 0.3) is 5.91 Å². The lowest BCUT2D eigenvalue weighted by Crippen LogP contribution is -2.36. The molecule has 1 atom stereocenters. The lowest BCUT2D eigenvalue weighted by Gasteiger charge is -2.15. The highest BCUT2D eigenvalue weighted by atomic mass is 79.9. The molecule has 0 aliphatic carbocycles. The van der Waals surface area contributed by atoms with Crippen LogP contribution in [0.4, 0.5) is 0 Å². The second kappa shape index (κ2) is 9.62. The molecule has 4 heteroatoms. The highest BCUT2D eigenvalue weighted by Gasteiger charge is 2.10. The number of hydrogen-bond donors (Lipinski definition) is 1. The average Bonchev–Trinajstić information content (AvgIpc) is 2.59. The zero-order chi connectivity index (χ0) is 18.2. The maximum Gasteiger partial charge on any atom is 0.258 e. The molecule has 2 aromatic carbocycles. The van der Waals surface area contributed by atoms with E-state index in [4.69, 9.17) is 4.74 Å². The summed E-state index contributed by atoms with van der Waals surface area (Å²) in [4.78, 5) is 12.1. The zero-order valence-corrected chi connectivity index (χ0v) is 16.7. The smallest absolute Gasteiger partial charge is 0.258 e. The highest BCUT2D eigenvalue weighted by molar-refractivity contribution is 9.10. The molecular formula is C21H26BrNO2. The van der Waals surface area contributed by atoms with Crippen LogP contribution in [0.15, 0.2) is 53.0 Å². The van der Waals surface area contributed by atoms with Gasteiger partial charge in [0.1, 0.15) is 5.75 Å². The van der Waals surface area contributed by atoms with Gasteiger partial charge in [-0.3, -0.25) is 4.79 Å².